The number of hydrogen-bond donors (Lipinski definition) is 1. The number of sulfonamides is 1. The van der Waals surface area contributed by atoms with Gasteiger partial charge in [0.25, 0.3) is 10.0 Å². The minimum Gasteiger partial charge on any atom is -0.247 e. The van der Waals surface area contributed by atoms with Crippen LogP contribution in [0.25, 0.3) is 0 Å². The number of nitrogens with zero attached hydrogens (tertiary/aromatic N) is 4. The van der Waals surface area contributed by atoms with Crippen LogP contribution in [0.3, 0.4) is 0 Å². The number of aryl methyl sites for hydroxylation is 1. The van der Waals surface area contributed by atoms with Gasteiger partial charge in [0.1, 0.15) is 11.2 Å². The molecule has 0 aliphatic heterocycles. The third-order valence-electron chi connectivity index (χ3n) is 2.29. The zero-order chi connectivity index (χ0) is 14.0. The second-order valence-corrected chi connectivity index (χ2v) is 5.63. The Morgan fingerprint density at radius 2 is 2.21 bits per heavy atom. The van der Waals surface area contributed by atoms with Crippen molar-refractivity contribution in [3.63, 3.8) is 0 Å². The SMILES string of the molecule is Cn1ncnc1NS(=O)(=O)c1ccc(C#N)cc1Cl. The normalized spacial score (nSPS) is 11.0. The lowest BCUT2D eigenvalue weighted by molar-refractivity contribution is 0.600. The van der Waals surface area contributed by atoms with Crippen LogP contribution in [-0.2, 0) is 17.1 Å². The third kappa shape index (κ3) is 2.67. The van der Waals surface area contributed by atoms with Gasteiger partial charge in [-0.3, -0.25) is 0 Å². The van der Waals surface area contributed by atoms with E-state index in [1.54, 1.807) is 7.05 Å². The van der Waals surface area contributed by atoms with Gasteiger partial charge in [-0.05, 0) is 18.2 Å². The van der Waals surface area contributed by atoms with Crippen LogP contribution in [0.1, 0.15) is 5.56 Å². The fourth-order valence-electron chi connectivity index (χ4n) is 1.35. The van der Waals surface area contributed by atoms with Gasteiger partial charge in [0, 0.05) is 7.05 Å². The molecule has 9 heteroatoms. The van der Waals surface area contributed by atoms with Gasteiger partial charge in [-0.25, -0.2) is 17.8 Å². The second-order valence-electron chi connectivity index (χ2n) is 3.57. The van der Waals surface area contributed by atoms with E-state index in [0.29, 0.717) is 0 Å². The van der Waals surface area contributed by atoms with E-state index in [9.17, 15) is 8.42 Å². The molecule has 0 aliphatic rings. The Morgan fingerprint density at radius 3 is 2.74 bits per heavy atom. The van der Waals surface area contributed by atoms with Crippen LogP contribution in [0.5, 0.6) is 0 Å². The Morgan fingerprint density at radius 1 is 1.47 bits per heavy atom. The van der Waals surface area contributed by atoms with E-state index in [1.807, 2.05) is 6.07 Å². The number of rotatable bonds is 3. The van der Waals surface area contributed by atoms with Gasteiger partial charge in [0.05, 0.1) is 16.7 Å². The number of hydrogen-bond acceptors (Lipinski definition) is 5. The summed E-state index contributed by atoms with van der Waals surface area (Å²) in [5.74, 6) is 0.0698. The van der Waals surface area contributed by atoms with Crippen molar-refractivity contribution in [3.05, 3.63) is 35.1 Å². The third-order valence-corrected chi connectivity index (χ3v) is 4.10. The molecule has 0 aliphatic carbocycles. The summed E-state index contributed by atoms with van der Waals surface area (Å²) in [5, 5.41) is 12.4. The summed E-state index contributed by atoms with van der Waals surface area (Å²) < 4.78 is 27.8. The van der Waals surface area contributed by atoms with E-state index in [0.717, 1.165) is 0 Å². The second kappa shape index (κ2) is 4.87. The number of benzene rings is 1. The summed E-state index contributed by atoms with van der Waals surface area (Å²) in [6.07, 6.45) is 1.22. The molecule has 0 fully saturated rings. The van der Waals surface area contributed by atoms with E-state index in [4.69, 9.17) is 16.9 Å². The maximum Gasteiger partial charge on any atom is 0.265 e. The van der Waals surface area contributed by atoms with Gasteiger partial charge < -0.3 is 0 Å². The predicted octanol–water partition coefficient (Wildman–Crippen LogP) is 1.14. The highest BCUT2D eigenvalue weighted by Crippen LogP contribution is 2.24. The van der Waals surface area contributed by atoms with Crippen molar-refractivity contribution in [2.75, 3.05) is 4.72 Å². The van der Waals surface area contributed by atoms with E-state index in [2.05, 4.69) is 14.8 Å². The van der Waals surface area contributed by atoms with E-state index in [1.165, 1.54) is 29.2 Å². The summed E-state index contributed by atoms with van der Waals surface area (Å²) >= 11 is 5.86. The van der Waals surface area contributed by atoms with Crippen molar-refractivity contribution in [1.29, 1.82) is 5.26 Å². The maximum absolute atomic E-state index is 12.1. The predicted molar refractivity (Wildman–Crippen MR) is 68.0 cm³/mol. The number of nitrogens with one attached hydrogen (secondary N) is 1. The summed E-state index contributed by atoms with van der Waals surface area (Å²) in [7, 11) is -2.33. The molecule has 7 nitrogen and oxygen atoms in total. The van der Waals surface area contributed by atoms with Crippen LogP contribution >= 0.6 is 11.6 Å². The molecule has 0 amide bonds. The van der Waals surface area contributed by atoms with Crippen molar-refractivity contribution in [2.24, 2.45) is 7.05 Å². The maximum atomic E-state index is 12.1. The quantitative estimate of drug-likeness (QED) is 0.915. The lowest BCUT2D eigenvalue weighted by atomic mass is 10.2. The first-order valence-corrected chi connectivity index (χ1v) is 6.86. The fourth-order valence-corrected chi connectivity index (χ4v) is 2.94. The van der Waals surface area contributed by atoms with Crippen molar-refractivity contribution in [3.8, 4) is 6.07 Å². The highest BCUT2D eigenvalue weighted by atomic mass is 35.5. The minimum atomic E-state index is -3.88. The van der Waals surface area contributed by atoms with Crippen molar-refractivity contribution in [1.82, 2.24) is 14.8 Å². The van der Waals surface area contributed by atoms with Crippen LogP contribution in [0.4, 0.5) is 5.95 Å². The van der Waals surface area contributed by atoms with Gasteiger partial charge in [0.15, 0.2) is 0 Å². The molecule has 0 atom stereocenters. The summed E-state index contributed by atoms with van der Waals surface area (Å²) in [6, 6.07) is 5.80. The molecule has 0 unspecified atom stereocenters. The Hall–Kier alpha value is -2.11. The molecule has 1 aromatic carbocycles. The number of nitriles is 1. The first kappa shape index (κ1) is 13.3. The summed E-state index contributed by atoms with van der Waals surface area (Å²) in [6.45, 7) is 0. The topological polar surface area (TPSA) is 101 Å². The van der Waals surface area contributed by atoms with Crippen LogP contribution in [-0.4, -0.2) is 23.2 Å². The van der Waals surface area contributed by atoms with E-state index in [-0.39, 0.29) is 21.4 Å². The Kier molecular flexibility index (Phi) is 3.42. The first-order valence-electron chi connectivity index (χ1n) is 5.00. The van der Waals surface area contributed by atoms with E-state index < -0.39 is 10.0 Å². The van der Waals surface area contributed by atoms with E-state index >= 15 is 0 Å². The van der Waals surface area contributed by atoms with Crippen molar-refractivity contribution >= 4 is 27.6 Å². The minimum absolute atomic E-state index is 0.0336. The molecular formula is C10H8ClN5O2S. The molecule has 0 spiro atoms. The van der Waals surface area contributed by atoms with Crippen LogP contribution in [0.15, 0.2) is 29.4 Å². The largest absolute Gasteiger partial charge is 0.265 e. The summed E-state index contributed by atoms with van der Waals surface area (Å²) in [5.41, 5.74) is 0.280. The Balaban J connectivity index is 2.41. The van der Waals surface area contributed by atoms with Gasteiger partial charge >= 0.3 is 0 Å². The monoisotopic (exact) mass is 297 g/mol. The smallest absolute Gasteiger partial charge is 0.247 e. The molecule has 1 N–H and O–H groups in total. The average Bonchev–Trinajstić information content (AvgIpc) is 2.73. The first-order chi connectivity index (χ1) is 8.94. The molecule has 19 heavy (non-hydrogen) atoms. The Labute approximate surface area is 114 Å². The Bertz CT molecular complexity index is 762. The van der Waals surface area contributed by atoms with Crippen LogP contribution in [0.2, 0.25) is 5.02 Å². The van der Waals surface area contributed by atoms with Gasteiger partial charge in [-0.15, -0.1) is 0 Å². The number of halogens is 1. The van der Waals surface area contributed by atoms with Crippen LogP contribution in [0, 0.1) is 11.3 Å². The average molecular weight is 298 g/mol. The molecule has 1 heterocycles. The molecular weight excluding hydrogens is 290 g/mol. The van der Waals surface area contributed by atoms with Gasteiger partial charge in [-0.1, -0.05) is 11.6 Å². The molecule has 1 aromatic heterocycles. The molecule has 0 saturated heterocycles. The zero-order valence-corrected chi connectivity index (χ0v) is 11.3. The lowest BCUT2D eigenvalue weighted by Gasteiger charge is -2.08. The zero-order valence-electron chi connectivity index (χ0n) is 9.70. The molecule has 2 rings (SSSR count). The number of aromatic nitrogens is 3. The molecule has 0 saturated carbocycles. The van der Waals surface area contributed by atoms with Gasteiger partial charge in [0.2, 0.25) is 5.95 Å². The van der Waals surface area contributed by atoms with Crippen LogP contribution < -0.4 is 4.72 Å². The van der Waals surface area contributed by atoms with Crippen molar-refractivity contribution in [2.45, 2.75) is 4.90 Å². The molecule has 2 aromatic rings. The molecule has 98 valence electrons. The lowest BCUT2D eigenvalue weighted by Crippen LogP contribution is -2.16. The fraction of sp³-hybridized carbons (Fsp3) is 0.100. The number of anilines is 1. The van der Waals surface area contributed by atoms with Crippen molar-refractivity contribution < 1.29 is 8.42 Å². The highest BCUT2D eigenvalue weighted by Gasteiger charge is 2.20. The standard InChI is InChI=1S/C10H8ClN5O2S/c1-16-10(13-6-14-16)15-19(17,18)9-3-2-7(5-12)4-8(9)11/h2-4,6H,1H3,(H,13,14,15). The highest BCUT2D eigenvalue weighted by molar-refractivity contribution is 7.92. The van der Waals surface area contributed by atoms with Gasteiger partial charge in [-0.2, -0.15) is 15.3 Å². The molecule has 0 bridgehead atoms. The molecule has 0 radical (unpaired) electrons. The summed E-state index contributed by atoms with van der Waals surface area (Å²) in [4.78, 5) is 3.63.